The molecule has 0 bridgehead atoms. The topological polar surface area (TPSA) is 70.7 Å². The lowest BCUT2D eigenvalue weighted by Crippen LogP contribution is -2.32. The van der Waals surface area contributed by atoms with E-state index in [9.17, 15) is 4.79 Å². The van der Waals surface area contributed by atoms with Crippen molar-refractivity contribution >= 4 is 16.6 Å². The normalized spacial score (nSPS) is 15.7. The van der Waals surface area contributed by atoms with Crippen LogP contribution in [0.3, 0.4) is 0 Å². The number of hydrogen-bond acceptors (Lipinski definition) is 4. The monoisotopic (exact) mass is 320 g/mol. The van der Waals surface area contributed by atoms with E-state index < -0.39 is 0 Å². The molecule has 3 aromatic rings. The van der Waals surface area contributed by atoms with Gasteiger partial charge in [-0.2, -0.15) is 5.10 Å². The first-order valence-corrected chi connectivity index (χ1v) is 8.41. The van der Waals surface area contributed by atoms with Gasteiger partial charge in [0.25, 0.3) is 0 Å². The summed E-state index contributed by atoms with van der Waals surface area (Å²) in [6.45, 7) is 1.88. The molecule has 2 N–H and O–H groups in total. The van der Waals surface area contributed by atoms with Crippen molar-refractivity contribution in [1.29, 1.82) is 0 Å². The van der Waals surface area contributed by atoms with Crippen LogP contribution < -0.4 is 5.32 Å². The first kappa shape index (κ1) is 15.0. The lowest BCUT2D eigenvalue weighted by atomic mass is 9.91. The molecule has 24 heavy (non-hydrogen) atoms. The quantitative estimate of drug-likeness (QED) is 0.775. The molecule has 0 atom stereocenters. The average molecular weight is 320 g/mol. The van der Waals surface area contributed by atoms with Crippen LogP contribution in [0.1, 0.15) is 18.5 Å². The van der Waals surface area contributed by atoms with Crippen LogP contribution >= 0.6 is 0 Å². The first-order valence-electron chi connectivity index (χ1n) is 8.41. The van der Waals surface area contributed by atoms with Gasteiger partial charge < -0.3 is 5.32 Å². The molecular weight excluding hydrogens is 300 g/mol. The van der Waals surface area contributed by atoms with Crippen LogP contribution in [-0.4, -0.2) is 34.1 Å². The molecule has 1 fully saturated rings. The number of piperidine rings is 1. The van der Waals surface area contributed by atoms with Crippen molar-refractivity contribution < 1.29 is 4.79 Å². The second-order valence-corrected chi connectivity index (χ2v) is 6.39. The zero-order valence-corrected chi connectivity index (χ0v) is 13.5. The second-order valence-electron chi connectivity index (χ2n) is 6.39. The molecule has 4 rings (SSSR count). The van der Waals surface area contributed by atoms with Gasteiger partial charge in [-0.25, -0.2) is 0 Å². The standard InChI is InChI=1S/C19H20N4O/c24-19(13-3-5-20-6-4-13)9-18-8-16-7-14(17-11-22-23-12-17)1-2-15(16)10-21-18/h1-2,7-8,10-13,20H,3-6,9H2,(H,22,23). The van der Waals surface area contributed by atoms with E-state index in [1.54, 1.807) is 0 Å². The fraction of sp³-hybridized carbons (Fsp3) is 0.316. The number of fused-ring (bicyclic) bond motifs is 1. The number of aromatic nitrogens is 3. The number of carbonyl (C=O) groups is 1. The average Bonchev–Trinajstić information content (AvgIpc) is 3.16. The number of aromatic amines is 1. The highest BCUT2D eigenvalue weighted by atomic mass is 16.1. The molecule has 0 saturated carbocycles. The van der Waals surface area contributed by atoms with Crippen LogP contribution in [0, 0.1) is 5.92 Å². The Kier molecular flexibility index (Phi) is 4.09. The van der Waals surface area contributed by atoms with Crippen LogP contribution in [0.5, 0.6) is 0 Å². The van der Waals surface area contributed by atoms with Crippen LogP contribution in [-0.2, 0) is 11.2 Å². The Morgan fingerprint density at radius 1 is 1.08 bits per heavy atom. The van der Waals surface area contributed by atoms with Gasteiger partial charge in [0.15, 0.2) is 0 Å². The highest BCUT2D eigenvalue weighted by Gasteiger charge is 2.21. The number of hydrogen-bond donors (Lipinski definition) is 2. The molecule has 3 heterocycles. The van der Waals surface area contributed by atoms with Crippen molar-refractivity contribution in [1.82, 2.24) is 20.5 Å². The molecular formula is C19H20N4O. The molecule has 5 nitrogen and oxygen atoms in total. The molecule has 1 saturated heterocycles. The number of rotatable bonds is 4. The third-order valence-corrected chi connectivity index (χ3v) is 4.76. The van der Waals surface area contributed by atoms with E-state index in [4.69, 9.17) is 0 Å². The molecule has 0 amide bonds. The van der Waals surface area contributed by atoms with Gasteiger partial charge in [-0.05, 0) is 49.0 Å². The Balaban J connectivity index is 1.58. The summed E-state index contributed by atoms with van der Waals surface area (Å²) in [5.74, 6) is 0.496. The minimum atomic E-state index is 0.181. The summed E-state index contributed by atoms with van der Waals surface area (Å²) in [4.78, 5) is 17.0. The number of H-pyrrole nitrogens is 1. The van der Waals surface area contributed by atoms with Crippen molar-refractivity contribution in [3.05, 3.63) is 48.5 Å². The van der Waals surface area contributed by atoms with Crippen LogP contribution in [0.25, 0.3) is 21.9 Å². The smallest absolute Gasteiger partial charge is 0.142 e. The number of Topliss-reactive ketones (excluding diaryl/α,β-unsaturated/α-hetero) is 1. The summed E-state index contributed by atoms with van der Waals surface area (Å²) in [5, 5.41) is 12.3. The Hall–Kier alpha value is -2.53. The Labute approximate surface area is 140 Å². The van der Waals surface area contributed by atoms with Crippen molar-refractivity contribution in [2.24, 2.45) is 5.92 Å². The van der Waals surface area contributed by atoms with Crippen molar-refractivity contribution in [3.8, 4) is 11.1 Å². The summed E-state index contributed by atoms with van der Waals surface area (Å²) in [6, 6.07) is 8.29. The highest BCUT2D eigenvalue weighted by molar-refractivity contribution is 5.88. The number of carbonyl (C=O) groups excluding carboxylic acids is 1. The first-order chi connectivity index (χ1) is 11.8. The largest absolute Gasteiger partial charge is 0.317 e. The maximum absolute atomic E-state index is 12.5. The molecule has 5 heteroatoms. The maximum atomic E-state index is 12.5. The molecule has 1 aliphatic rings. The van der Waals surface area contributed by atoms with E-state index >= 15 is 0 Å². The summed E-state index contributed by atoms with van der Waals surface area (Å²) in [5.41, 5.74) is 3.02. The van der Waals surface area contributed by atoms with Crippen LogP contribution in [0.4, 0.5) is 0 Å². The van der Waals surface area contributed by atoms with E-state index in [0.29, 0.717) is 12.2 Å². The van der Waals surface area contributed by atoms with E-state index in [1.165, 1.54) is 0 Å². The fourth-order valence-electron chi connectivity index (χ4n) is 3.34. The Bertz CT molecular complexity index is 851. The van der Waals surface area contributed by atoms with E-state index in [1.807, 2.05) is 24.7 Å². The number of nitrogens with one attached hydrogen (secondary N) is 2. The minimum Gasteiger partial charge on any atom is -0.317 e. The van der Waals surface area contributed by atoms with Crippen LogP contribution in [0.15, 0.2) is 42.9 Å². The second kappa shape index (κ2) is 6.53. The van der Waals surface area contributed by atoms with Crippen molar-refractivity contribution in [2.45, 2.75) is 19.3 Å². The highest BCUT2D eigenvalue weighted by Crippen LogP contribution is 2.24. The third-order valence-electron chi connectivity index (χ3n) is 4.76. The Morgan fingerprint density at radius 3 is 2.75 bits per heavy atom. The summed E-state index contributed by atoms with van der Waals surface area (Å²) in [6.07, 6.45) is 7.86. The van der Waals surface area contributed by atoms with Gasteiger partial charge in [-0.15, -0.1) is 0 Å². The zero-order valence-electron chi connectivity index (χ0n) is 13.5. The van der Waals surface area contributed by atoms with E-state index in [-0.39, 0.29) is 5.92 Å². The molecule has 1 aromatic carbocycles. The van der Waals surface area contributed by atoms with Gasteiger partial charge >= 0.3 is 0 Å². The van der Waals surface area contributed by atoms with Crippen LogP contribution in [0.2, 0.25) is 0 Å². The number of pyridine rings is 1. The third kappa shape index (κ3) is 3.08. The molecule has 0 radical (unpaired) electrons. The summed E-state index contributed by atoms with van der Waals surface area (Å²) < 4.78 is 0. The van der Waals surface area contributed by atoms with Gasteiger partial charge in [0.1, 0.15) is 5.78 Å². The fourth-order valence-corrected chi connectivity index (χ4v) is 3.34. The SMILES string of the molecule is O=C(Cc1cc2cc(-c3cn[nH]c3)ccc2cn1)C1CCNCC1. The molecule has 122 valence electrons. The van der Waals surface area contributed by atoms with Gasteiger partial charge in [0.2, 0.25) is 0 Å². The molecule has 0 unspecified atom stereocenters. The molecule has 1 aliphatic heterocycles. The summed E-state index contributed by atoms with van der Waals surface area (Å²) in [7, 11) is 0. The van der Waals surface area contributed by atoms with Crippen molar-refractivity contribution in [2.75, 3.05) is 13.1 Å². The number of ketones is 1. The minimum absolute atomic E-state index is 0.181. The molecule has 0 spiro atoms. The molecule has 2 aromatic heterocycles. The zero-order chi connectivity index (χ0) is 16.4. The van der Waals surface area contributed by atoms with Gasteiger partial charge in [-0.3, -0.25) is 14.9 Å². The van der Waals surface area contributed by atoms with Gasteiger partial charge in [0.05, 0.1) is 6.20 Å². The summed E-state index contributed by atoms with van der Waals surface area (Å²) >= 11 is 0. The van der Waals surface area contributed by atoms with E-state index in [0.717, 1.165) is 53.5 Å². The number of benzene rings is 1. The predicted octanol–water partition coefficient (Wildman–Crippen LogP) is 2.74. The number of nitrogens with zero attached hydrogens (tertiary/aromatic N) is 2. The van der Waals surface area contributed by atoms with Gasteiger partial charge in [-0.1, -0.05) is 12.1 Å². The lowest BCUT2D eigenvalue weighted by molar-refractivity contribution is -0.123. The predicted molar refractivity (Wildman–Crippen MR) is 93.6 cm³/mol. The maximum Gasteiger partial charge on any atom is 0.142 e. The lowest BCUT2D eigenvalue weighted by Gasteiger charge is -2.21. The van der Waals surface area contributed by atoms with Gasteiger partial charge in [0, 0.05) is 41.4 Å². The van der Waals surface area contributed by atoms with E-state index in [2.05, 4.69) is 38.7 Å². The Morgan fingerprint density at radius 2 is 1.96 bits per heavy atom. The van der Waals surface area contributed by atoms with Crippen molar-refractivity contribution in [3.63, 3.8) is 0 Å². The molecule has 0 aliphatic carbocycles.